The molecule has 0 aliphatic heterocycles. The van der Waals surface area contributed by atoms with E-state index in [4.69, 9.17) is 5.73 Å². The second kappa shape index (κ2) is 4.58. The number of nitrogens with zero attached hydrogens (tertiary/aromatic N) is 1. The second-order valence-electron chi connectivity index (χ2n) is 3.81. The van der Waals surface area contributed by atoms with Crippen molar-refractivity contribution in [1.82, 2.24) is 15.5 Å². The quantitative estimate of drug-likeness (QED) is 0.773. The average Bonchev–Trinajstić information content (AvgIpc) is 2.84. The van der Waals surface area contributed by atoms with E-state index in [-0.39, 0.29) is 11.6 Å². The summed E-state index contributed by atoms with van der Waals surface area (Å²) < 4.78 is 0. The first-order chi connectivity index (χ1) is 8.08. The zero-order chi connectivity index (χ0) is 12.4. The minimum Gasteiger partial charge on any atom is -0.395 e. The number of carbonyl (C=O) groups excluding carboxylic acids is 1. The van der Waals surface area contributed by atoms with E-state index in [9.17, 15) is 4.79 Å². The lowest BCUT2D eigenvalue weighted by Crippen LogP contribution is -2.23. The highest BCUT2D eigenvalue weighted by Gasteiger charge is 2.14. The molecule has 0 fully saturated rings. The number of hydrogen-bond donors (Lipinski definition) is 3. The van der Waals surface area contributed by atoms with Crippen LogP contribution in [0.15, 0.2) is 12.1 Å². The maximum absolute atomic E-state index is 11.8. The van der Waals surface area contributed by atoms with Gasteiger partial charge in [-0.15, -0.1) is 11.3 Å². The summed E-state index contributed by atoms with van der Waals surface area (Å²) >= 11 is 1.66. The van der Waals surface area contributed by atoms with Gasteiger partial charge >= 0.3 is 0 Å². The molecule has 0 saturated heterocycles. The first-order valence-electron chi connectivity index (χ1n) is 5.22. The summed E-state index contributed by atoms with van der Waals surface area (Å²) in [5.41, 5.74) is 7.10. The number of nitrogens with one attached hydrogen (secondary N) is 2. The Bertz CT molecular complexity index is 543. The van der Waals surface area contributed by atoms with Gasteiger partial charge < -0.3 is 11.1 Å². The molecule has 1 amide bonds. The molecular weight excluding hydrogens is 236 g/mol. The van der Waals surface area contributed by atoms with Crippen LogP contribution >= 0.6 is 11.3 Å². The number of amides is 1. The van der Waals surface area contributed by atoms with Gasteiger partial charge in [0, 0.05) is 9.75 Å². The maximum atomic E-state index is 11.8. The average molecular weight is 250 g/mol. The molecule has 0 spiro atoms. The van der Waals surface area contributed by atoms with Crippen LogP contribution in [0.5, 0.6) is 0 Å². The van der Waals surface area contributed by atoms with E-state index in [2.05, 4.69) is 15.5 Å². The minimum absolute atomic E-state index is 0.252. The van der Waals surface area contributed by atoms with Gasteiger partial charge in [-0.2, -0.15) is 5.10 Å². The Morgan fingerprint density at radius 2 is 2.29 bits per heavy atom. The molecule has 6 heteroatoms. The summed E-state index contributed by atoms with van der Waals surface area (Å²) in [5, 5.41) is 9.35. The lowest BCUT2D eigenvalue weighted by molar-refractivity contribution is 0.0947. The largest absolute Gasteiger partial charge is 0.395 e. The van der Waals surface area contributed by atoms with Gasteiger partial charge in [0.2, 0.25) is 0 Å². The minimum atomic E-state index is -0.252. The smallest absolute Gasteiger partial charge is 0.274 e. The second-order valence-corrected chi connectivity index (χ2v) is 5.18. The Morgan fingerprint density at radius 3 is 2.82 bits per heavy atom. The third-order valence-corrected chi connectivity index (χ3v) is 3.43. The van der Waals surface area contributed by atoms with E-state index in [1.54, 1.807) is 18.3 Å². The van der Waals surface area contributed by atoms with E-state index in [0.717, 1.165) is 4.88 Å². The van der Waals surface area contributed by atoms with E-state index in [1.165, 1.54) is 4.88 Å². The Hall–Kier alpha value is -1.82. The van der Waals surface area contributed by atoms with Crippen LogP contribution in [0.25, 0.3) is 0 Å². The highest BCUT2D eigenvalue weighted by Crippen LogP contribution is 2.15. The molecule has 0 aliphatic carbocycles. The van der Waals surface area contributed by atoms with Crippen LogP contribution in [0.3, 0.4) is 0 Å². The maximum Gasteiger partial charge on any atom is 0.274 e. The summed E-state index contributed by atoms with van der Waals surface area (Å²) in [6.45, 7) is 4.31. The zero-order valence-electron chi connectivity index (χ0n) is 9.70. The van der Waals surface area contributed by atoms with Crippen LogP contribution in [0, 0.1) is 13.8 Å². The van der Waals surface area contributed by atoms with Crippen molar-refractivity contribution in [3.05, 3.63) is 33.3 Å². The number of anilines is 1. The highest BCUT2D eigenvalue weighted by atomic mass is 32.1. The number of carbonyl (C=O) groups is 1. The number of thiophene rings is 1. The lowest BCUT2D eigenvalue weighted by Gasteiger charge is -2.01. The number of nitrogens with two attached hydrogens (primary N) is 1. The van der Waals surface area contributed by atoms with E-state index >= 15 is 0 Å². The fourth-order valence-electron chi connectivity index (χ4n) is 1.44. The van der Waals surface area contributed by atoms with Gasteiger partial charge in [-0.1, -0.05) is 0 Å². The van der Waals surface area contributed by atoms with Gasteiger partial charge in [0.1, 0.15) is 0 Å². The van der Waals surface area contributed by atoms with Crippen LogP contribution in [-0.2, 0) is 6.54 Å². The number of aromatic amines is 1. The van der Waals surface area contributed by atoms with Crippen molar-refractivity contribution in [3.63, 3.8) is 0 Å². The van der Waals surface area contributed by atoms with Crippen molar-refractivity contribution >= 4 is 22.9 Å². The number of H-pyrrole nitrogens is 1. The summed E-state index contributed by atoms with van der Waals surface area (Å²) in [6.07, 6.45) is 0. The Kier molecular flexibility index (Phi) is 3.14. The molecule has 2 aromatic rings. The first kappa shape index (κ1) is 11.7. The Morgan fingerprint density at radius 1 is 1.53 bits per heavy atom. The molecular formula is C11H14N4OS. The third-order valence-electron chi connectivity index (χ3n) is 2.43. The van der Waals surface area contributed by atoms with Gasteiger partial charge in [0.25, 0.3) is 5.91 Å². The van der Waals surface area contributed by atoms with Crippen molar-refractivity contribution in [3.8, 4) is 0 Å². The molecule has 0 atom stereocenters. The normalized spacial score (nSPS) is 10.5. The Balaban J connectivity index is 2.00. The van der Waals surface area contributed by atoms with Crippen molar-refractivity contribution in [2.45, 2.75) is 20.4 Å². The van der Waals surface area contributed by atoms with Crippen LogP contribution in [-0.4, -0.2) is 16.1 Å². The van der Waals surface area contributed by atoms with Crippen molar-refractivity contribution < 1.29 is 4.79 Å². The van der Waals surface area contributed by atoms with Gasteiger partial charge in [0.15, 0.2) is 5.69 Å². The van der Waals surface area contributed by atoms with Crippen LogP contribution in [0.1, 0.15) is 25.9 Å². The molecule has 0 unspecified atom stereocenters. The van der Waals surface area contributed by atoms with Crippen molar-refractivity contribution in [2.75, 3.05) is 5.73 Å². The molecule has 2 heterocycles. The van der Waals surface area contributed by atoms with Gasteiger partial charge in [-0.25, -0.2) is 0 Å². The van der Waals surface area contributed by atoms with E-state index in [0.29, 0.717) is 17.9 Å². The fraction of sp³-hybridized carbons (Fsp3) is 0.273. The van der Waals surface area contributed by atoms with Crippen molar-refractivity contribution in [1.29, 1.82) is 0 Å². The van der Waals surface area contributed by atoms with Gasteiger partial charge in [-0.05, 0) is 26.0 Å². The lowest BCUT2D eigenvalue weighted by atomic mass is 10.3. The number of hydrogen-bond acceptors (Lipinski definition) is 4. The topological polar surface area (TPSA) is 83.8 Å². The summed E-state index contributed by atoms with van der Waals surface area (Å²) in [7, 11) is 0. The molecule has 90 valence electrons. The molecule has 0 aliphatic rings. The van der Waals surface area contributed by atoms with Crippen LogP contribution < -0.4 is 11.1 Å². The summed E-state index contributed by atoms with van der Waals surface area (Å²) in [6, 6.07) is 4.03. The molecule has 0 saturated carbocycles. The molecule has 2 aromatic heterocycles. The first-order valence-corrected chi connectivity index (χ1v) is 6.03. The molecule has 5 nitrogen and oxygen atoms in total. The van der Waals surface area contributed by atoms with E-state index < -0.39 is 0 Å². The predicted molar refractivity (Wildman–Crippen MR) is 68.0 cm³/mol. The number of aryl methyl sites for hydroxylation is 2. The molecule has 0 bridgehead atoms. The fourth-order valence-corrected chi connectivity index (χ4v) is 2.27. The van der Waals surface area contributed by atoms with Crippen LogP contribution in [0.4, 0.5) is 5.69 Å². The monoisotopic (exact) mass is 250 g/mol. The summed E-state index contributed by atoms with van der Waals surface area (Å²) in [4.78, 5) is 14.1. The highest BCUT2D eigenvalue weighted by molar-refractivity contribution is 7.11. The van der Waals surface area contributed by atoms with Crippen molar-refractivity contribution in [2.24, 2.45) is 0 Å². The zero-order valence-corrected chi connectivity index (χ0v) is 10.5. The molecule has 0 radical (unpaired) electrons. The number of rotatable bonds is 3. The Labute approximate surface area is 103 Å². The third kappa shape index (κ3) is 2.47. The standard InChI is InChI=1S/C11H14N4OS/c1-6-3-4-8(17-6)5-13-11(16)10-9(12)7(2)14-15-10/h3-4H,5,12H2,1-2H3,(H,13,16)(H,14,15). The van der Waals surface area contributed by atoms with Crippen LogP contribution in [0.2, 0.25) is 0 Å². The predicted octanol–water partition coefficient (Wildman–Crippen LogP) is 1.60. The molecule has 4 N–H and O–H groups in total. The van der Waals surface area contributed by atoms with Gasteiger partial charge in [-0.3, -0.25) is 9.89 Å². The number of aromatic nitrogens is 2. The van der Waals surface area contributed by atoms with Gasteiger partial charge in [0.05, 0.1) is 17.9 Å². The summed E-state index contributed by atoms with van der Waals surface area (Å²) in [5.74, 6) is -0.252. The SMILES string of the molecule is Cc1ccc(CNC(=O)c2n[nH]c(C)c2N)s1. The molecule has 2 rings (SSSR count). The molecule has 17 heavy (non-hydrogen) atoms. The van der Waals surface area contributed by atoms with E-state index in [1.807, 2.05) is 19.1 Å². The number of nitrogen functional groups attached to an aromatic ring is 1. The molecule has 0 aromatic carbocycles.